The predicted molar refractivity (Wildman–Crippen MR) is 48.6 cm³/mol. The highest BCUT2D eigenvalue weighted by atomic mass is 19.4. The van der Waals surface area contributed by atoms with Crippen LogP contribution in [-0.4, -0.2) is 12.7 Å². The van der Waals surface area contributed by atoms with E-state index in [0.717, 1.165) is 12.1 Å². The smallest absolute Gasteiger partial charge is 0.416 e. The Hall–Kier alpha value is -1.79. The monoisotopic (exact) mass is 249 g/mol. The van der Waals surface area contributed by atoms with E-state index in [9.17, 15) is 22.4 Å². The molecule has 92 valence electrons. The minimum atomic E-state index is -4.68. The van der Waals surface area contributed by atoms with Crippen molar-refractivity contribution in [2.75, 3.05) is 6.61 Å². The molecule has 1 aliphatic rings. The molecule has 0 aromatic heterocycles. The van der Waals surface area contributed by atoms with Gasteiger partial charge >= 0.3 is 12.3 Å². The van der Waals surface area contributed by atoms with Gasteiger partial charge in [0.05, 0.1) is 11.6 Å². The lowest BCUT2D eigenvalue weighted by Crippen LogP contribution is -2.22. The fourth-order valence-corrected chi connectivity index (χ4v) is 1.63. The number of carbonyl (C=O) groups is 1. The van der Waals surface area contributed by atoms with Gasteiger partial charge in [0.2, 0.25) is 0 Å². The molecule has 0 unspecified atom stereocenters. The predicted octanol–water partition coefficient (Wildman–Crippen LogP) is 2.63. The van der Waals surface area contributed by atoms with Crippen LogP contribution in [0.3, 0.4) is 0 Å². The zero-order valence-corrected chi connectivity index (χ0v) is 8.34. The van der Waals surface area contributed by atoms with Crippen LogP contribution >= 0.6 is 0 Å². The van der Waals surface area contributed by atoms with Gasteiger partial charge in [0.1, 0.15) is 12.4 Å². The molecule has 1 atom stereocenters. The number of nitrogens with one attached hydrogen (secondary N) is 1. The number of benzene rings is 1. The summed E-state index contributed by atoms with van der Waals surface area (Å²) in [5.74, 6) is -0.980. The lowest BCUT2D eigenvalue weighted by molar-refractivity contribution is -0.138. The van der Waals surface area contributed by atoms with Crippen molar-refractivity contribution in [3.63, 3.8) is 0 Å². The van der Waals surface area contributed by atoms with E-state index in [4.69, 9.17) is 0 Å². The maximum atomic E-state index is 12.8. The number of ether oxygens (including phenoxy) is 1. The number of carbonyl (C=O) groups excluding carboxylic acids is 1. The van der Waals surface area contributed by atoms with E-state index in [2.05, 4.69) is 10.1 Å². The summed E-state index contributed by atoms with van der Waals surface area (Å²) in [5, 5.41) is 2.22. The van der Waals surface area contributed by atoms with E-state index in [0.29, 0.717) is 6.07 Å². The first-order chi connectivity index (χ1) is 7.88. The zero-order chi connectivity index (χ0) is 12.6. The Morgan fingerprint density at radius 2 is 2.06 bits per heavy atom. The number of rotatable bonds is 1. The van der Waals surface area contributed by atoms with Crippen LogP contribution in [0.15, 0.2) is 18.2 Å². The Morgan fingerprint density at radius 1 is 1.35 bits per heavy atom. The number of hydrogen-bond acceptors (Lipinski definition) is 2. The first-order valence-corrected chi connectivity index (χ1v) is 4.68. The molecule has 17 heavy (non-hydrogen) atoms. The van der Waals surface area contributed by atoms with Crippen molar-refractivity contribution in [2.24, 2.45) is 0 Å². The van der Waals surface area contributed by atoms with E-state index in [1.165, 1.54) is 0 Å². The molecule has 0 saturated carbocycles. The van der Waals surface area contributed by atoms with Gasteiger partial charge in [-0.05, 0) is 17.7 Å². The molecule has 1 fully saturated rings. The van der Waals surface area contributed by atoms with Crippen LogP contribution in [0.4, 0.5) is 22.4 Å². The first kappa shape index (κ1) is 11.7. The second kappa shape index (κ2) is 3.90. The largest absolute Gasteiger partial charge is 0.447 e. The van der Waals surface area contributed by atoms with Gasteiger partial charge in [-0.2, -0.15) is 13.2 Å². The zero-order valence-electron chi connectivity index (χ0n) is 8.34. The van der Waals surface area contributed by atoms with Crippen LogP contribution in [-0.2, 0) is 10.9 Å². The molecule has 0 radical (unpaired) electrons. The van der Waals surface area contributed by atoms with Crippen molar-refractivity contribution < 1.29 is 27.1 Å². The van der Waals surface area contributed by atoms with Crippen LogP contribution in [0.1, 0.15) is 17.2 Å². The van der Waals surface area contributed by atoms with E-state index in [1.807, 2.05) is 0 Å². The highest BCUT2D eigenvalue weighted by Crippen LogP contribution is 2.36. The molecule has 0 spiro atoms. The minimum absolute atomic E-state index is 0.201. The Kier molecular flexibility index (Phi) is 2.68. The summed E-state index contributed by atoms with van der Waals surface area (Å²) >= 11 is 0. The molecule has 1 heterocycles. The van der Waals surface area contributed by atoms with E-state index < -0.39 is 29.7 Å². The summed E-state index contributed by atoms with van der Waals surface area (Å²) in [6.07, 6.45) is -5.46. The van der Waals surface area contributed by atoms with Gasteiger partial charge in [0.25, 0.3) is 0 Å². The van der Waals surface area contributed by atoms with Crippen molar-refractivity contribution in [1.82, 2.24) is 5.32 Å². The quantitative estimate of drug-likeness (QED) is 0.777. The van der Waals surface area contributed by atoms with Gasteiger partial charge in [-0.3, -0.25) is 0 Å². The number of amides is 1. The molecule has 1 N–H and O–H groups in total. The maximum absolute atomic E-state index is 12.8. The fraction of sp³-hybridized carbons (Fsp3) is 0.300. The second-order valence-corrected chi connectivity index (χ2v) is 3.52. The lowest BCUT2D eigenvalue weighted by atomic mass is 10.0. The summed E-state index contributed by atoms with van der Waals surface area (Å²) in [6.45, 7) is -0.201. The average Bonchev–Trinajstić information content (AvgIpc) is 2.63. The van der Waals surface area contributed by atoms with Crippen LogP contribution in [0.5, 0.6) is 0 Å². The maximum Gasteiger partial charge on any atom is 0.416 e. The second-order valence-electron chi connectivity index (χ2n) is 3.52. The summed E-state index contributed by atoms with van der Waals surface area (Å²) < 4.78 is 55.3. The lowest BCUT2D eigenvalue weighted by Gasteiger charge is -2.16. The topological polar surface area (TPSA) is 38.3 Å². The van der Waals surface area contributed by atoms with Crippen LogP contribution in [0, 0.1) is 5.82 Å². The summed E-state index contributed by atoms with van der Waals surface area (Å²) in [4.78, 5) is 10.8. The SMILES string of the molecule is O=C1N[C@@H](c2ccc(F)cc2C(F)(F)F)CO1. The summed E-state index contributed by atoms with van der Waals surface area (Å²) in [6, 6.07) is 1.41. The molecule has 1 aromatic carbocycles. The molecule has 0 aliphatic carbocycles. The Morgan fingerprint density at radius 3 is 2.59 bits per heavy atom. The third kappa shape index (κ3) is 2.32. The molecular formula is C10H7F4NO2. The van der Waals surface area contributed by atoms with E-state index >= 15 is 0 Å². The van der Waals surface area contributed by atoms with E-state index in [1.54, 1.807) is 0 Å². The number of cyclic esters (lactones) is 1. The Bertz CT molecular complexity index is 458. The van der Waals surface area contributed by atoms with Crippen molar-refractivity contribution >= 4 is 6.09 Å². The van der Waals surface area contributed by atoms with Crippen molar-refractivity contribution in [2.45, 2.75) is 12.2 Å². The van der Waals surface area contributed by atoms with Crippen molar-refractivity contribution in [1.29, 1.82) is 0 Å². The van der Waals surface area contributed by atoms with Crippen molar-refractivity contribution in [3.05, 3.63) is 35.1 Å². The number of alkyl carbamates (subject to hydrolysis) is 1. The Labute approximate surface area is 93.4 Å². The van der Waals surface area contributed by atoms with Gasteiger partial charge in [-0.15, -0.1) is 0 Å². The molecule has 7 heteroatoms. The summed E-state index contributed by atoms with van der Waals surface area (Å²) in [5.41, 5.74) is -1.31. The molecule has 1 aliphatic heterocycles. The molecule has 2 rings (SSSR count). The van der Waals surface area contributed by atoms with Gasteiger partial charge in [0.15, 0.2) is 0 Å². The normalized spacial score (nSPS) is 20.0. The Balaban J connectivity index is 2.43. The molecule has 1 saturated heterocycles. The molecule has 1 aromatic rings. The molecule has 3 nitrogen and oxygen atoms in total. The fourth-order valence-electron chi connectivity index (χ4n) is 1.63. The van der Waals surface area contributed by atoms with Crippen LogP contribution in [0.2, 0.25) is 0 Å². The number of halogens is 4. The van der Waals surface area contributed by atoms with Gasteiger partial charge in [-0.1, -0.05) is 6.07 Å². The van der Waals surface area contributed by atoms with Gasteiger partial charge in [0, 0.05) is 0 Å². The number of alkyl halides is 3. The highest BCUT2D eigenvalue weighted by molar-refractivity contribution is 5.70. The molecule has 0 bridgehead atoms. The standard InChI is InChI=1S/C10H7F4NO2/c11-5-1-2-6(7(3-5)10(12,13)14)8-4-17-9(16)15-8/h1-3,8H,4H2,(H,15,16)/t8-/m1/s1. The van der Waals surface area contributed by atoms with Crippen LogP contribution in [0.25, 0.3) is 0 Å². The highest BCUT2D eigenvalue weighted by Gasteiger charge is 2.37. The summed E-state index contributed by atoms with van der Waals surface area (Å²) in [7, 11) is 0. The third-order valence-electron chi connectivity index (χ3n) is 2.37. The molecular weight excluding hydrogens is 242 g/mol. The van der Waals surface area contributed by atoms with E-state index in [-0.39, 0.29) is 12.2 Å². The van der Waals surface area contributed by atoms with Crippen molar-refractivity contribution in [3.8, 4) is 0 Å². The first-order valence-electron chi connectivity index (χ1n) is 4.68. The minimum Gasteiger partial charge on any atom is -0.447 e. The van der Waals surface area contributed by atoms with Gasteiger partial charge < -0.3 is 10.1 Å². The van der Waals surface area contributed by atoms with Crippen LogP contribution < -0.4 is 5.32 Å². The third-order valence-corrected chi connectivity index (χ3v) is 2.37. The number of hydrogen-bond donors (Lipinski definition) is 1. The average molecular weight is 249 g/mol. The molecule has 1 amide bonds. The van der Waals surface area contributed by atoms with Gasteiger partial charge in [-0.25, -0.2) is 9.18 Å².